The topological polar surface area (TPSA) is 111 Å². The summed E-state index contributed by atoms with van der Waals surface area (Å²) in [5.74, 6) is -0.101. The molecule has 0 unspecified atom stereocenters. The molecule has 1 aromatic heterocycles. The fraction of sp³-hybridized carbons (Fsp3) is 0. The second kappa shape index (κ2) is 4.23. The van der Waals surface area contributed by atoms with Gasteiger partial charge in [-0.05, 0) is 6.07 Å². The molecule has 5 N–H and O–H groups in total. The normalized spacial score (nSPS) is 10.5. The van der Waals surface area contributed by atoms with Gasteiger partial charge in [0.1, 0.15) is 5.75 Å². The summed E-state index contributed by atoms with van der Waals surface area (Å²) in [5, 5.41) is 9.89. The van der Waals surface area contributed by atoms with Crippen LogP contribution in [0.1, 0.15) is 0 Å². The molecular weight excluding hydrogens is 265 g/mol. The number of nitrogen functional groups attached to an aromatic ring is 2. The van der Waals surface area contributed by atoms with E-state index in [1.807, 2.05) is 0 Å². The third-order valence-electron chi connectivity index (χ3n) is 1.93. The van der Waals surface area contributed by atoms with Crippen molar-refractivity contribution in [3.05, 3.63) is 22.2 Å². The van der Waals surface area contributed by atoms with Crippen molar-refractivity contribution in [2.24, 2.45) is 0 Å². The fourth-order valence-electron chi connectivity index (χ4n) is 1.27. The third kappa shape index (κ3) is 2.32. The van der Waals surface area contributed by atoms with Gasteiger partial charge in [0.15, 0.2) is 5.82 Å². The van der Waals surface area contributed by atoms with Crippen LogP contribution in [0.3, 0.4) is 0 Å². The number of nitrogens with two attached hydrogens (primary N) is 2. The molecule has 0 aliphatic carbocycles. The number of aromatic hydroxyl groups is 1. The van der Waals surface area contributed by atoms with Gasteiger partial charge in [-0.2, -0.15) is 15.0 Å². The van der Waals surface area contributed by atoms with Gasteiger partial charge in [0.2, 0.25) is 11.9 Å². The van der Waals surface area contributed by atoms with Crippen LogP contribution in [0.4, 0.5) is 11.9 Å². The zero-order valence-electron chi connectivity index (χ0n) is 8.35. The van der Waals surface area contributed by atoms with Crippen LogP contribution in [0.25, 0.3) is 11.4 Å². The molecule has 0 radical (unpaired) electrons. The van der Waals surface area contributed by atoms with Gasteiger partial charge in [0.25, 0.3) is 0 Å². The Bertz CT molecular complexity index is 570. The summed E-state index contributed by atoms with van der Waals surface area (Å²) in [6.45, 7) is 0. The van der Waals surface area contributed by atoms with Gasteiger partial charge in [0.05, 0.1) is 5.02 Å². The quantitative estimate of drug-likeness (QED) is 0.728. The van der Waals surface area contributed by atoms with Gasteiger partial charge in [0, 0.05) is 16.7 Å². The number of aromatic nitrogens is 3. The molecular formula is C9H7Cl2N5O. The fourth-order valence-corrected chi connectivity index (χ4v) is 1.67. The Hall–Kier alpha value is -1.79. The zero-order valence-corrected chi connectivity index (χ0v) is 9.87. The van der Waals surface area contributed by atoms with E-state index in [-0.39, 0.29) is 28.5 Å². The maximum absolute atomic E-state index is 9.53. The van der Waals surface area contributed by atoms with Crippen molar-refractivity contribution in [3.8, 4) is 17.1 Å². The molecule has 17 heavy (non-hydrogen) atoms. The molecule has 8 heteroatoms. The first-order chi connectivity index (χ1) is 7.97. The summed E-state index contributed by atoms with van der Waals surface area (Å²) in [6, 6.07) is 2.80. The van der Waals surface area contributed by atoms with Crippen molar-refractivity contribution in [2.45, 2.75) is 0 Å². The number of halogens is 2. The standard InChI is InChI=1S/C9H7Cl2N5O/c10-3-1-4(6(11)5(17)2-3)7-14-8(12)16-9(13)15-7/h1-2,17H,(H4,12,13,14,15,16). The average Bonchev–Trinajstić information content (AvgIpc) is 2.22. The molecule has 0 aliphatic rings. The molecule has 2 aromatic rings. The molecule has 88 valence electrons. The SMILES string of the molecule is Nc1nc(N)nc(-c2cc(Cl)cc(O)c2Cl)n1. The minimum Gasteiger partial charge on any atom is -0.506 e. The molecule has 0 fully saturated rings. The van der Waals surface area contributed by atoms with Crippen LogP contribution in [0.5, 0.6) is 5.75 Å². The Morgan fingerprint density at radius 3 is 2.18 bits per heavy atom. The van der Waals surface area contributed by atoms with Crippen LogP contribution in [0.2, 0.25) is 10.0 Å². The van der Waals surface area contributed by atoms with E-state index in [1.165, 1.54) is 12.1 Å². The van der Waals surface area contributed by atoms with Crippen molar-refractivity contribution in [2.75, 3.05) is 11.5 Å². The lowest BCUT2D eigenvalue weighted by molar-refractivity contribution is 0.476. The highest BCUT2D eigenvalue weighted by molar-refractivity contribution is 6.36. The number of benzene rings is 1. The molecule has 0 atom stereocenters. The predicted molar refractivity (Wildman–Crippen MR) is 65.8 cm³/mol. The summed E-state index contributed by atoms with van der Waals surface area (Å²) in [5.41, 5.74) is 11.2. The first kappa shape index (κ1) is 11.7. The predicted octanol–water partition coefficient (Wildman–Crippen LogP) is 1.72. The summed E-state index contributed by atoms with van der Waals surface area (Å²) in [7, 11) is 0. The molecule has 0 saturated heterocycles. The van der Waals surface area contributed by atoms with Crippen molar-refractivity contribution < 1.29 is 5.11 Å². The molecule has 0 spiro atoms. The van der Waals surface area contributed by atoms with Crippen LogP contribution >= 0.6 is 23.2 Å². The highest BCUT2D eigenvalue weighted by Crippen LogP contribution is 2.36. The van der Waals surface area contributed by atoms with Gasteiger partial charge in [-0.15, -0.1) is 0 Å². The van der Waals surface area contributed by atoms with Crippen molar-refractivity contribution >= 4 is 35.1 Å². The molecule has 0 amide bonds. The molecule has 0 bridgehead atoms. The van der Waals surface area contributed by atoms with Gasteiger partial charge >= 0.3 is 0 Å². The van der Waals surface area contributed by atoms with E-state index in [4.69, 9.17) is 34.7 Å². The second-order valence-corrected chi connectivity index (χ2v) is 3.98. The van der Waals surface area contributed by atoms with Gasteiger partial charge in [-0.1, -0.05) is 23.2 Å². The lowest BCUT2D eigenvalue weighted by atomic mass is 10.2. The van der Waals surface area contributed by atoms with E-state index in [0.717, 1.165) is 0 Å². The number of hydrogen-bond donors (Lipinski definition) is 3. The van der Waals surface area contributed by atoms with E-state index < -0.39 is 0 Å². The molecule has 1 aromatic carbocycles. The van der Waals surface area contributed by atoms with Crippen molar-refractivity contribution in [1.82, 2.24) is 15.0 Å². The van der Waals surface area contributed by atoms with Crippen LogP contribution in [0.15, 0.2) is 12.1 Å². The number of phenolic OH excluding ortho intramolecular Hbond substituents is 1. The summed E-state index contributed by atoms with van der Waals surface area (Å²) < 4.78 is 0. The first-order valence-corrected chi connectivity index (χ1v) is 5.18. The zero-order chi connectivity index (χ0) is 12.6. The van der Waals surface area contributed by atoms with E-state index in [0.29, 0.717) is 10.6 Å². The number of nitrogens with zero attached hydrogens (tertiary/aromatic N) is 3. The van der Waals surface area contributed by atoms with Crippen LogP contribution in [0, 0.1) is 0 Å². The largest absolute Gasteiger partial charge is 0.506 e. The van der Waals surface area contributed by atoms with E-state index in [1.54, 1.807) is 0 Å². The maximum atomic E-state index is 9.53. The summed E-state index contributed by atoms with van der Waals surface area (Å²) >= 11 is 11.7. The van der Waals surface area contributed by atoms with Crippen molar-refractivity contribution in [1.29, 1.82) is 0 Å². The number of hydrogen-bond acceptors (Lipinski definition) is 6. The molecule has 0 saturated carbocycles. The van der Waals surface area contributed by atoms with E-state index in [9.17, 15) is 5.11 Å². The Labute approximate surface area is 106 Å². The smallest absolute Gasteiger partial charge is 0.225 e. The summed E-state index contributed by atoms with van der Waals surface area (Å²) in [4.78, 5) is 11.4. The highest BCUT2D eigenvalue weighted by atomic mass is 35.5. The Kier molecular flexibility index (Phi) is 2.91. The number of phenols is 1. The monoisotopic (exact) mass is 271 g/mol. The number of anilines is 2. The Morgan fingerprint density at radius 1 is 1.00 bits per heavy atom. The lowest BCUT2D eigenvalue weighted by Crippen LogP contribution is -2.04. The molecule has 1 heterocycles. The lowest BCUT2D eigenvalue weighted by Gasteiger charge is -2.06. The minimum atomic E-state index is -0.174. The van der Waals surface area contributed by atoms with Crippen LogP contribution in [-0.4, -0.2) is 20.1 Å². The maximum Gasteiger partial charge on any atom is 0.225 e. The molecule has 6 nitrogen and oxygen atoms in total. The Morgan fingerprint density at radius 2 is 1.59 bits per heavy atom. The second-order valence-electron chi connectivity index (χ2n) is 3.16. The minimum absolute atomic E-state index is 0.0389. The van der Waals surface area contributed by atoms with Gasteiger partial charge in [-0.25, -0.2) is 0 Å². The third-order valence-corrected chi connectivity index (χ3v) is 2.54. The Balaban J connectivity index is 2.67. The molecule has 0 aliphatic heterocycles. The van der Waals surface area contributed by atoms with Gasteiger partial charge < -0.3 is 16.6 Å². The van der Waals surface area contributed by atoms with Gasteiger partial charge in [-0.3, -0.25) is 0 Å². The molecule has 2 rings (SSSR count). The van der Waals surface area contributed by atoms with E-state index in [2.05, 4.69) is 15.0 Å². The van der Waals surface area contributed by atoms with Crippen LogP contribution < -0.4 is 11.5 Å². The highest BCUT2D eigenvalue weighted by Gasteiger charge is 2.13. The van der Waals surface area contributed by atoms with Crippen LogP contribution in [-0.2, 0) is 0 Å². The first-order valence-electron chi connectivity index (χ1n) is 4.43. The average molecular weight is 272 g/mol. The summed E-state index contributed by atoms with van der Waals surface area (Å²) in [6.07, 6.45) is 0. The van der Waals surface area contributed by atoms with Crippen molar-refractivity contribution in [3.63, 3.8) is 0 Å². The van der Waals surface area contributed by atoms with E-state index >= 15 is 0 Å². The number of rotatable bonds is 1.